The number of nitrogens with zero attached hydrogens (tertiary/aromatic N) is 1. The van der Waals surface area contributed by atoms with Crippen LogP contribution in [0.3, 0.4) is 0 Å². The number of hydrogen-bond donors (Lipinski definition) is 1. The van der Waals surface area contributed by atoms with E-state index in [4.69, 9.17) is 16.6 Å². The highest BCUT2D eigenvalue weighted by atomic mass is 79.9. The van der Waals surface area contributed by atoms with Crippen molar-refractivity contribution >= 4 is 62.2 Å². The van der Waals surface area contributed by atoms with Crippen LogP contribution in [0.25, 0.3) is 17.4 Å². The number of rotatable bonds is 6. The summed E-state index contributed by atoms with van der Waals surface area (Å²) in [5.41, 5.74) is 0.915. The summed E-state index contributed by atoms with van der Waals surface area (Å²) in [5.74, 6) is -0.147. The molecule has 0 aliphatic carbocycles. The molecular formula is C20H18BrNO4S2. The van der Waals surface area contributed by atoms with E-state index in [1.807, 2.05) is 44.2 Å². The summed E-state index contributed by atoms with van der Waals surface area (Å²) in [6.45, 7) is 3.83. The molecule has 1 aromatic carbocycles. The molecule has 0 saturated carbocycles. The number of aliphatic carboxylic acids is 1. The van der Waals surface area contributed by atoms with Crippen molar-refractivity contribution in [1.29, 1.82) is 0 Å². The largest absolute Gasteiger partial charge is 0.480 e. The molecule has 2 heterocycles. The number of benzene rings is 1. The van der Waals surface area contributed by atoms with Crippen molar-refractivity contribution in [2.45, 2.75) is 26.3 Å². The van der Waals surface area contributed by atoms with Gasteiger partial charge in [0.25, 0.3) is 5.91 Å². The number of thioether (sulfide) groups is 1. The lowest BCUT2D eigenvalue weighted by molar-refractivity contribution is -0.145. The lowest BCUT2D eigenvalue weighted by atomic mass is 10.0. The molecule has 1 fully saturated rings. The Kier molecular flexibility index (Phi) is 6.42. The Hall–Kier alpha value is -1.90. The van der Waals surface area contributed by atoms with Crippen LogP contribution < -0.4 is 0 Å². The van der Waals surface area contributed by atoms with E-state index in [2.05, 4.69) is 15.9 Å². The van der Waals surface area contributed by atoms with E-state index < -0.39 is 17.9 Å². The maximum Gasteiger partial charge on any atom is 0.326 e. The first kappa shape index (κ1) is 20.8. The molecule has 1 aromatic heterocycles. The molecule has 3 rings (SSSR count). The summed E-state index contributed by atoms with van der Waals surface area (Å²) >= 11 is 9.77. The third kappa shape index (κ3) is 4.56. The molecule has 2 aromatic rings. The van der Waals surface area contributed by atoms with Gasteiger partial charge < -0.3 is 9.52 Å². The summed E-state index contributed by atoms with van der Waals surface area (Å²) in [6, 6.07) is 10.3. The zero-order chi connectivity index (χ0) is 20.4. The van der Waals surface area contributed by atoms with Gasteiger partial charge in [0, 0.05) is 16.1 Å². The fraction of sp³-hybridized carbons (Fsp3) is 0.250. The fourth-order valence-electron chi connectivity index (χ4n) is 2.84. The van der Waals surface area contributed by atoms with E-state index in [1.54, 1.807) is 12.1 Å². The molecule has 5 nitrogen and oxygen atoms in total. The lowest BCUT2D eigenvalue weighted by Crippen LogP contribution is -2.44. The van der Waals surface area contributed by atoms with Crippen LogP contribution in [0.1, 0.15) is 26.0 Å². The number of thiocarbonyl (C=S) groups is 1. The van der Waals surface area contributed by atoms with Crippen molar-refractivity contribution < 1.29 is 19.1 Å². The topological polar surface area (TPSA) is 70.8 Å². The van der Waals surface area contributed by atoms with Gasteiger partial charge in [-0.3, -0.25) is 9.69 Å². The molecular weight excluding hydrogens is 462 g/mol. The highest BCUT2D eigenvalue weighted by molar-refractivity contribution is 9.10. The average molecular weight is 480 g/mol. The minimum absolute atomic E-state index is 0.119. The van der Waals surface area contributed by atoms with Crippen LogP contribution in [-0.4, -0.2) is 32.2 Å². The number of carboxylic acids is 1. The van der Waals surface area contributed by atoms with Crippen LogP contribution in [0.2, 0.25) is 0 Å². The quantitative estimate of drug-likeness (QED) is 0.441. The molecule has 0 unspecified atom stereocenters. The molecule has 0 radical (unpaired) electrons. The van der Waals surface area contributed by atoms with Crippen molar-refractivity contribution in [3.8, 4) is 11.3 Å². The standard InChI is InChI=1S/C20H18BrNO4S2/c1-11(2)9-15(19(24)25)22-18(23)17(28-20(22)27)10-14-7-8-16(26-14)12-3-5-13(21)6-4-12/h3-8,10-11,15H,9H2,1-2H3,(H,24,25)/b17-10+/t15-/m1/s1. The van der Waals surface area contributed by atoms with Gasteiger partial charge in [0.15, 0.2) is 0 Å². The summed E-state index contributed by atoms with van der Waals surface area (Å²) in [6.07, 6.45) is 1.94. The number of carbonyl (C=O) groups excluding carboxylic acids is 1. The first-order valence-electron chi connectivity index (χ1n) is 8.62. The van der Waals surface area contributed by atoms with E-state index >= 15 is 0 Å². The minimum atomic E-state index is -1.05. The van der Waals surface area contributed by atoms with Crippen molar-refractivity contribution in [3.05, 3.63) is 51.5 Å². The van der Waals surface area contributed by atoms with E-state index in [-0.39, 0.29) is 10.2 Å². The predicted octanol–water partition coefficient (Wildman–Crippen LogP) is 5.41. The molecule has 1 aliphatic rings. The Balaban J connectivity index is 1.84. The van der Waals surface area contributed by atoms with Gasteiger partial charge in [-0.25, -0.2) is 4.79 Å². The van der Waals surface area contributed by atoms with Crippen LogP contribution in [0, 0.1) is 5.92 Å². The van der Waals surface area contributed by atoms with Crippen molar-refractivity contribution in [2.24, 2.45) is 5.92 Å². The molecule has 0 spiro atoms. The van der Waals surface area contributed by atoms with Crippen LogP contribution in [0.15, 0.2) is 50.2 Å². The van der Waals surface area contributed by atoms with Gasteiger partial charge in [-0.2, -0.15) is 0 Å². The van der Waals surface area contributed by atoms with Gasteiger partial charge in [-0.15, -0.1) is 0 Å². The number of halogens is 1. The van der Waals surface area contributed by atoms with E-state index in [0.717, 1.165) is 21.8 Å². The number of carbonyl (C=O) groups is 2. The van der Waals surface area contributed by atoms with Crippen molar-refractivity contribution in [2.75, 3.05) is 0 Å². The van der Waals surface area contributed by atoms with E-state index in [1.165, 1.54) is 4.90 Å². The second-order valence-electron chi connectivity index (χ2n) is 6.74. The van der Waals surface area contributed by atoms with Crippen LogP contribution in [-0.2, 0) is 9.59 Å². The molecule has 8 heteroatoms. The Morgan fingerprint density at radius 3 is 2.57 bits per heavy atom. The average Bonchev–Trinajstić information content (AvgIpc) is 3.19. The predicted molar refractivity (Wildman–Crippen MR) is 118 cm³/mol. The molecule has 1 atom stereocenters. The monoisotopic (exact) mass is 479 g/mol. The van der Waals surface area contributed by atoms with Crippen LogP contribution in [0.4, 0.5) is 0 Å². The summed E-state index contributed by atoms with van der Waals surface area (Å²) < 4.78 is 7.05. The van der Waals surface area contributed by atoms with Crippen molar-refractivity contribution in [3.63, 3.8) is 0 Å². The van der Waals surface area contributed by atoms with E-state index in [0.29, 0.717) is 22.8 Å². The van der Waals surface area contributed by atoms with Crippen molar-refractivity contribution in [1.82, 2.24) is 4.90 Å². The summed E-state index contributed by atoms with van der Waals surface area (Å²) in [4.78, 5) is 26.0. The zero-order valence-corrected chi connectivity index (χ0v) is 18.4. The lowest BCUT2D eigenvalue weighted by Gasteiger charge is -2.24. The number of carboxylic acid groups (broad SMARTS) is 1. The van der Waals surface area contributed by atoms with Gasteiger partial charge in [-0.05, 0) is 36.6 Å². The maximum absolute atomic E-state index is 12.8. The number of furan rings is 1. The summed E-state index contributed by atoms with van der Waals surface area (Å²) in [5, 5.41) is 9.54. The van der Waals surface area contributed by atoms with Gasteiger partial charge in [0.2, 0.25) is 0 Å². The Morgan fingerprint density at radius 2 is 1.96 bits per heavy atom. The third-order valence-corrected chi connectivity index (χ3v) is 6.00. The van der Waals surface area contributed by atoms with Gasteiger partial charge in [0.05, 0.1) is 4.91 Å². The maximum atomic E-state index is 12.8. The van der Waals surface area contributed by atoms with Crippen LogP contribution in [0.5, 0.6) is 0 Å². The first-order chi connectivity index (χ1) is 13.3. The highest BCUT2D eigenvalue weighted by Crippen LogP contribution is 2.36. The normalized spacial score (nSPS) is 17.0. The van der Waals surface area contributed by atoms with Crippen LogP contribution >= 0.6 is 39.9 Å². The molecule has 1 aliphatic heterocycles. The van der Waals surface area contributed by atoms with E-state index in [9.17, 15) is 14.7 Å². The SMILES string of the molecule is CC(C)C[C@H](C(=O)O)N1C(=O)/C(=C\c2ccc(-c3ccc(Br)cc3)o2)SC1=S. The molecule has 146 valence electrons. The molecule has 1 amide bonds. The summed E-state index contributed by atoms with van der Waals surface area (Å²) in [7, 11) is 0. The third-order valence-electron chi connectivity index (χ3n) is 4.14. The fourth-order valence-corrected chi connectivity index (χ4v) is 4.44. The molecule has 28 heavy (non-hydrogen) atoms. The molecule has 1 N–H and O–H groups in total. The second-order valence-corrected chi connectivity index (χ2v) is 9.34. The first-order valence-corrected chi connectivity index (χ1v) is 10.6. The van der Waals surface area contributed by atoms with Gasteiger partial charge in [0.1, 0.15) is 21.9 Å². The Bertz CT molecular complexity index is 949. The smallest absolute Gasteiger partial charge is 0.326 e. The van der Waals surface area contributed by atoms with Gasteiger partial charge >= 0.3 is 5.97 Å². The molecule has 0 bridgehead atoms. The van der Waals surface area contributed by atoms with Gasteiger partial charge in [-0.1, -0.05) is 65.9 Å². The highest BCUT2D eigenvalue weighted by Gasteiger charge is 2.40. The minimum Gasteiger partial charge on any atom is -0.480 e. The number of hydrogen-bond acceptors (Lipinski definition) is 5. The number of amides is 1. The molecule has 1 saturated heterocycles. The second kappa shape index (κ2) is 8.63. The Morgan fingerprint density at radius 1 is 1.29 bits per heavy atom. The zero-order valence-electron chi connectivity index (χ0n) is 15.2. The Labute approximate surface area is 180 Å².